The Morgan fingerprint density at radius 3 is 2.96 bits per heavy atom. The molecule has 0 bridgehead atoms. The largest absolute Gasteiger partial charge is 0.463 e. The van der Waals surface area contributed by atoms with Gasteiger partial charge in [-0.15, -0.1) is 0 Å². The Labute approximate surface area is 142 Å². The monoisotopic (exact) mass is 345 g/mol. The normalized spacial score (nSPS) is 16.0. The van der Waals surface area contributed by atoms with Gasteiger partial charge in [0.2, 0.25) is 17.6 Å². The van der Waals surface area contributed by atoms with Crippen LogP contribution in [-0.4, -0.2) is 39.3 Å². The first-order chi connectivity index (χ1) is 11.7. The van der Waals surface area contributed by atoms with E-state index in [1.165, 1.54) is 22.7 Å². The second-order valence-electron chi connectivity index (χ2n) is 4.88. The fourth-order valence-corrected chi connectivity index (χ4v) is 3.07. The summed E-state index contributed by atoms with van der Waals surface area (Å²) >= 11 is 1.28. The predicted molar refractivity (Wildman–Crippen MR) is 87.5 cm³/mol. The molecule has 0 atom stereocenters. The van der Waals surface area contributed by atoms with E-state index < -0.39 is 5.97 Å². The van der Waals surface area contributed by atoms with Crippen molar-refractivity contribution in [2.24, 2.45) is 0 Å². The van der Waals surface area contributed by atoms with E-state index in [0.717, 1.165) is 5.56 Å². The molecule has 124 valence electrons. The van der Waals surface area contributed by atoms with Crippen molar-refractivity contribution < 1.29 is 18.8 Å². The molecule has 0 unspecified atom stereocenters. The van der Waals surface area contributed by atoms with Crippen molar-refractivity contribution in [2.45, 2.75) is 13.5 Å². The number of aromatic nitrogens is 2. The van der Waals surface area contributed by atoms with Crippen LogP contribution < -0.4 is 0 Å². The molecule has 1 amide bonds. The summed E-state index contributed by atoms with van der Waals surface area (Å²) < 4.78 is 10.1. The Balaban J connectivity index is 1.75. The maximum absolute atomic E-state index is 12.0. The van der Waals surface area contributed by atoms with Gasteiger partial charge in [-0.1, -0.05) is 47.3 Å². The van der Waals surface area contributed by atoms with Gasteiger partial charge in [-0.05, 0) is 6.92 Å². The van der Waals surface area contributed by atoms with E-state index in [2.05, 4.69) is 10.1 Å². The van der Waals surface area contributed by atoms with Crippen LogP contribution in [0.2, 0.25) is 0 Å². The van der Waals surface area contributed by atoms with Gasteiger partial charge in [0, 0.05) is 5.56 Å². The van der Waals surface area contributed by atoms with Crippen molar-refractivity contribution in [2.75, 3.05) is 12.4 Å². The van der Waals surface area contributed by atoms with Gasteiger partial charge in [0.25, 0.3) is 0 Å². The summed E-state index contributed by atoms with van der Waals surface area (Å²) in [7, 11) is 0. The summed E-state index contributed by atoms with van der Waals surface area (Å²) in [5, 5.41) is 4.45. The first-order valence-electron chi connectivity index (χ1n) is 7.37. The van der Waals surface area contributed by atoms with E-state index in [0.29, 0.717) is 16.7 Å². The number of benzene rings is 1. The fraction of sp³-hybridized carbons (Fsp3) is 0.250. The number of rotatable bonds is 5. The molecule has 2 aromatic rings. The maximum atomic E-state index is 12.0. The van der Waals surface area contributed by atoms with E-state index in [-0.39, 0.29) is 24.8 Å². The van der Waals surface area contributed by atoms with Gasteiger partial charge in [-0.3, -0.25) is 9.69 Å². The molecular weight excluding hydrogens is 330 g/mol. The maximum Gasteiger partial charge on any atom is 0.333 e. The Kier molecular flexibility index (Phi) is 4.95. The summed E-state index contributed by atoms with van der Waals surface area (Å²) in [6, 6.07) is 9.41. The third-order valence-electron chi connectivity index (χ3n) is 3.23. The highest BCUT2D eigenvalue weighted by Gasteiger charge is 2.29. The molecular formula is C16H15N3O4S. The van der Waals surface area contributed by atoms with E-state index in [1.54, 1.807) is 6.92 Å². The molecule has 1 saturated heterocycles. The molecule has 0 saturated carbocycles. The van der Waals surface area contributed by atoms with Gasteiger partial charge in [-0.2, -0.15) is 4.98 Å². The van der Waals surface area contributed by atoms with E-state index in [4.69, 9.17) is 9.26 Å². The van der Waals surface area contributed by atoms with Crippen LogP contribution in [0.5, 0.6) is 0 Å². The Bertz CT molecular complexity index is 773. The summed E-state index contributed by atoms with van der Waals surface area (Å²) in [4.78, 5) is 29.4. The second kappa shape index (κ2) is 7.31. The highest BCUT2D eigenvalue weighted by atomic mass is 32.2. The number of hydrogen-bond acceptors (Lipinski definition) is 7. The standard InChI is InChI=1S/C16H15N3O4S/c1-2-22-15(21)8-14-19(13(20)10-24-14)9-12-17-16(18-23-12)11-6-4-3-5-7-11/h3-8H,2,9-10H2,1H3/b14-8-. The van der Waals surface area contributed by atoms with Crippen LogP contribution >= 0.6 is 11.8 Å². The zero-order valence-electron chi connectivity index (χ0n) is 13.0. The number of thioether (sulfide) groups is 1. The average Bonchev–Trinajstić information content (AvgIpc) is 3.18. The van der Waals surface area contributed by atoms with E-state index in [9.17, 15) is 9.59 Å². The predicted octanol–water partition coefficient (Wildman–Crippen LogP) is 2.22. The van der Waals surface area contributed by atoms with Gasteiger partial charge < -0.3 is 9.26 Å². The lowest BCUT2D eigenvalue weighted by Crippen LogP contribution is -2.24. The molecule has 0 N–H and O–H groups in total. The molecule has 1 fully saturated rings. The van der Waals surface area contributed by atoms with Crippen molar-refractivity contribution in [3.8, 4) is 11.4 Å². The van der Waals surface area contributed by atoms with Crippen molar-refractivity contribution >= 4 is 23.6 Å². The molecule has 1 aromatic carbocycles. The topological polar surface area (TPSA) is 85.5 Å². The Morgan fingerprint density at radius 1 is 1.42 bits per heavy atom. The van der Waals surface area contributed by atoms with Crippen LogP contribution in [0, 0.1) is 0 Å². The SMILES string of the molecule is CCOC(=O)/C=C1\SCC(=O)N1Cc1nc(-c2ccccc2)no1. The zero-order valence-corrected chi connectivity index (χ0v) is 13.8. The van der Waals surface area contributed by atoms with Gasteiger partial charge in [0.15, 0.2) is 0 Å². The molecule has 8 heteroatoms. The molecule has 0 aliphatic carbocycles. The van der Waals surface area contributed by atoms with E-state index >= 15 is 0 Å². The van der Waals surface area contributed by atoms with Crippen LogP contribution in [0.25, 0.3) is 11.4 Å². The lowest BCUT2D eigenvalue weighted by atomic mass is 10.2. The molecule has 1 aromatic heterocycles. The molecule has 2 heterocycles. The zero-order chi connectivity index (χ0) is 16.9. The summed E-state index contributed by atoms with van der Waals surface area (Å²) in [5.74, 6) is 0.441. The highest BCUT2D eigenvalue weighted by molar-refractivity contribution is 8.04. The van der Waals surface area contributed by atoms with Gasteiger partial charge >= 0.3 is 5.97 Å². The third-order valence-corrected chi connectivity index (χ3v) is 4.26. The second-order valence-corrected chi connectivity index (χ2v) is 5.88. The summed E-state index contributed by atoms with van der Waals surface area (Å²) in [6.07, 6.45) is 1.31. The number of esters is 1. The molecule has 24 heavy (non-hydrogen) atoms. The lowest BCUT2D eigenvalue weighted by molar-refractivity contribution is -0.137. The Hall–Kier alpha value is -2.61. The van der Waals surface area contributed by atoms with Gasteiger partial charge in [-0.25, -0.2) is 4.79 Å². The smallest absolute Gasteiger partial charge is 0.333 e. The number of amides is 1. The fourth-order valence-electron chi connectivity index (χ4n) is 2.14. The number of hydrogen-bond donors (Lipinski definition) is 0. The Morgan fingerprint density at radius 2 is 2.21 bits per heavy atom. The average molecular weight is 345 g/mol. The van der Waals surface area contributed by atoms with Crippen molar-refractivity contribution in [1.82, 2.24) is 15.0 Å². The van der Waals surface area contributed by atoms with Crippen LogP contribution in [0.15, 0.2) is 46.0 Å². The molecule has 1 aliphatic heterocycles. The van der Waals surface area contributed by atoms with Crippen LogP contribution in [-0.2, 0) is 20.9 Å². The first kappa shape index (κ1) is 16.3. The molecule has 1 aliphatic rings. The minimum absolute atomic E-state index is 0.116. The minimum atomic E-state index is -0.477. The van der Waals surface area contributed by atoms with Crippen LogP contribution in [0.3, 0.4) is 0 Å². The molecule has 0 spiro atoms. The highest BCUT2D eigenvalue weighted by Crippen LogP contribution is 2.30. The summed E-state index contributed by atoms with van der Waals surface area (Å²) in [5.41, 5.74) is 0.830. The van der Waals surface area contributed by atoms with E-state index in [1.807, 2.05) is 30.3 Å². The number of carbonyl (C=O) groups is 2. The van der Waals surface area contributed by atoms with Crippen LogP contribution in [0.4, 0.5) is 0 Å². The van der Waals surface area contributed by atoms with Crippen molar-refractivity contribution in [1.29, 1.82) is 0 Å². The minimum Gasteiger partial charge on any atom is -0.463 e. The molecule has 0 radical (unpaired) electrons. The van der Waals surface area contributed by atoms with Crippen LogP contribution in [0.1, 0.15) is 12.8 Å². The molecule has 3 rings (SSSR count). The number of carbonyl (C=O) groups excluding carboxylic acids is 2. The van der Waals surface area contributed by atoms with Gasteiger partial charge in [0.1, 0.15) is 6.54 Å². The summed E-state index contributed by atoms with van der Waals surface area (Å²) in [6.45, 7) is 2.13. The third kappa shape index (κ3) is 3.65. The quantitative estimate of drug-likeness (QED) is 0.606. The number of nitrogens with zero attached hydrogens (tertiary/aromatic N) is 3. The van der Waals surface area contributed by atoms with Crippen molar-refractivity contribution in [3.05, 3.63) is 47.3 Å². The first-order valence-corrected chi connectivity index (χ1v) is 8.35. The number of ether oxygens (including phenoxy) is 1. The molecule has 7 nitrogen and oxygen atoms in total. The lowest BCUT2D eigenvalue weighted by Gasteiger charge is -2.13. The van der Waals surface area contributed by atoms with Crippen molar-refractivity contribution in [3.63, 3.8) is 0 Å². The van der Waals surface area contributed by atoms with Gasteiger partial charge in [0.05, 0.1) is 23.5 Å².